The van der Waals surface area contributed by atoms with E-state index >= 15 is 0 Å². The summed E-state index contributed by atoms with van der Waals surface area (Å²) in [6, 6.07) is 15.5. The van der Waals surface area contributed by atoms with Crippen molar-refractivity contribution >= 4 is 23.4 Å². The number of ether oxygens (including phenoxy) is 1. The van der Waals surface area contributed by atoms with Gasteiger partial charge in [-0.1, -0.05) is 47.7 Å². The molecular weight excluding hydrogens is 360 g/mol. The molecule has 0 aliphatic rings. The standard InChI is InChI=1S/C20H22N4O2S/c1-4-24-19(15-9-7-8-14(2)12-15)22-23-20(24)27-13-18(25)21-16-10-5-6-11-17(16)26-3/h5-12H,4,13H2,1-3H3,(H,21,25). The summed E-state index contributed by atoms with van der Waals surface area (Å²) in [5.74, 6) is 1.57. The van der Waals surface area contributed by atoms with Gasteiger partial charge in [0.25, 0.3) is 0 Å². The lowest BCUT2D eigenvalue weighted by atomic mass is 10.1. The maximum absolute atomic E-state index is 12.3. The third-order valence-electron chi connectivity index (χ3n) is 4.02. The van der Waals surface area contributed by atoms with Gasteiger partial charge in [0.15, 0.2) is 11.0 Å². The minimum atomic E-state index is -0.118. The second-order valence-electron chi connectivity index (χ2n) is 5.96. The van der Waals surface area contributed by atoms with E-state index in [-0.39, 0.29) is 11.7 Å². The Labute approximate surface area is 163 Å². The van der Waals surface area contributed by atoms with Crippen LogP contribution >= 0.6 is 11.8 Å². The molecule has 0 aliphatic heterocycles. The average molecular weight is 382 g/mol. The number of benzene rings is 2. The van der Waals surface area contributed by atoms with E-state index in [0.29, 0.717) is 11.4 Å². The maximum atomic E-state index is 12.3. The molecule has 7 heteroatoms. The van der Waals surface area contributed by atoms with Gasteiger partial charge in [0.05, 0.1) is 18.6 Å². The van der Waals surface area contributed by atoms with Crippen molar-refractivity contribution < 1.29 is 9.53 Å². The number of hydrogen-bond acceptors (Lipinski definition) is 5. The van der Waals surface area contributed by atoms with Gasteiger partial charge in [-0.05, 0) is 32.0 Å². The third kappa shape index (κ3) is 4.49. The Kier molecular flexibility index (Phi) is 6.13. The highest BCUT2D eigenvalue weighted by Crippen LogP contribution is 2.26. The molecule has 6 nitrogen and oxygen atoms in total. The molecule has 0 bridgehead atoms. The monoisotopic (exact) mass is 382 g/mol. The van der Waals surface area contributed by atoms with Crippen molar-refractivity contribution in [2.75, 3.05) is 18.2 Å². The summed E-state index contributed by atoms with van der Waals surface area (Å²) in [6.07, 6.45) is 0. The smallest absolute Gasteiger partial charge is 0.234 e. The number of carbonyl (C=O) groups excluding carboxylic acids is 1. The number of nitrogens with zero attached hydrogens (tertiary/aromatic N) is 3. The van der Waals surface area contributed by atoms with Crippen LogP contribution in [-0.4, -0.2) is 33.5 Å². The minimum Gasteiger partial charge on any atom is -0.495 e. The van der Waals surface area contributed by atoms with Gasteiger partial charge < -0.3 is 14.6 Å². The molecule has 0 spiro atoms. The molecule has 1 heterocycles. The van der Waals surface area contributed by atoms with E-state index in [1.165, 1.54) is 17.3 Å². The normalized spacial score (nSPS) is 10.6. The number of carbonyl (C=O) groups is 1. The van der Waals surface area contributed by atoms with Crippen molar-refractivity contribution in [1.82, 2.24) is 14.8 Å². The van der Waals surface area contributed by atoms with Crippen LogP contribution in [0.5, 0.6) is 5.75 Å². The van der Waals surface area contributed by atoms with Crippen molar-refractivity contribution in [3.63, 3.8) is 0 Å². The van der Waals surface area contributed by atoms with Crippen LogP contribution in [0.4, 0.5) is 5.69 Å². The molecule has 27 heavy (non-hydrogen) atoms. The first-order chi connectivity index (χ1) is 13.1. The molecule has 0 radical (unpaired) electrons. The second kappa shape index (κ2) is 8.73. The number of aryl methyl sites for hydroxylation is 1. The quantitative estimate of drug-likeness (QED) is 0.625. The number of rotatable bonds is 7. The van der Waals surface area contributed by atoms with Gasteiger partial charge in [0.1, 0.15) is 5.75 Å². The molecule has 0 saturated heterocycles. The number of amides is 1. The van der Waals surface area contributed by atoms with Gasteiger partial charge in [-0.3, -0.25) is 4.79 Å². The number of thioether (sulfide) groups is 1. The number of anilines is 1. The van der Waals surface area contributed by atoms with Crippen molar-refractivity contribution in [1.29, 1.82) is 0 Å². The Morgan fingerprint density at radius 1 is 1.19 bits per heavy atom. The topological polar surface area (TPSA) is 69.0 Å². The first kappa shape index (κ1) is 19.0. The summed E-state index contributed by atoms with van der Waals surface area (Å²) >= 11 is 1.37. The van der Waals surface area contributed by atoms with Crippen molar-refractivity contribution in [3.8, 4) is 17.1 Å². The lowest BCUT2D eigenvalue weighted by Crippen LogP contribution is -2.15. The Balaban J connectivity index is 1.70. The molecule has 2 aromatic carbocycles. The van der Waals surface area contributed by atoms with Crippen LogP contribution in [0.2, 0.25) is 0 Å². The Morgan fingerprint density at radius 2 is 2.00 bits per heavy atom. The number of nitrogens with one attached hydrogen (secondary N) is 1. The summed E-state index contributed by atoms with van der Waals surface area (Å²) in [6.45, 7) is 4.82. The Bertz CT molecular complexity index is 939. The van der Waals surface area contributed by atoms with Crippen molar-refractivity contribution in [2.24, 2.45) is 0 Å². The Hall–Kier alpha value is -2.80. The van der Waals surface area contributed by atoms with Crippen molar-refractivity contribution in [2.45, 2.75) is 25.5 Å². The predicted octanol–water partition coefficient (Wildman–Crippen LogP) is 4.01. The predicted molar refractivity (Wildman–Crippen MR) is 108 cm³/mol. The lowest BCUT2D eigenvalue weighted by molar-refractivity contribution is -0.113. The lowest BCUT2D eigenvalue weighted by Gasteiger charge is -2.10. The fraction of sp³-hybridized carbons (Fsp3) is 0.250. The first-order valence-corrected chi connectivity index (χ1v) is 9.66. The highest BCUT2D eigenvalue weighted by molar-refractivity contribution is 7.99. The number of hydrogen-bond donors (Lipinski definition) is 1. The molecule has 1 aromatic heterocycles. The fourth-order valence-electron chi connectivity index (χ4n) is 2.74. The molecule has 3 rings (SSSR count). The fourth-order valence-corrected chi connectivity index (χ4v) is 3.54. The van der Waals surface area contributed by atoms with E-state index in [9.17, 15) is 4.79 Å². The maximum Gasteiger partial charge on any atom is 0.234 e. The zero-order valence-corrected chi connectivity index (χ0v) is 16.4. The molecule has 140 valence electrons. The van der Waals surface area contributed by atoms with E-state index in [1.54, 1.807) is 7.11 Å². The molecule has 0 atom stereocenters. The van der Waals surface area contributed by atoms with E-state index < -0.39 is 0 Å². The third-order valence-corrected chi connectivity index (χ3v) is 4.99. The average Bonchev–Trinajstić information content (AvgIpc) is 3.09. The number of methoxy groups -OCH3 is 1. The van der Waals surface area contributed by atoms with Crippen LogP contribution in [0.15, 0.2) is 53.7 Å². The summed E-state index contributed by atoms with van der Waals surface area (Å²) < 4.78 is 7.28. The molecule has 3 aromatic rings. The van der Waals surface area contributed by atoms with E-state index in [1.807, 2.05) is 60.9 Å². The van der Waals surface area contributed by atoms with Crippen LogP contribution in [0.1, 0.15) is 12.5 Å². The molecule has 1 amide bonds. The first-order valence-electron chi connectivity index (χ1n) is 8.68. The summed E-state index contributed by atoms with van der Waals surface area (Å²) in [5, 5.41) is 12.2. The van der Waals surface area contributed by atoms with Crippen LogP contribution in [0, 0.1) is 6.92 Å². The molecule has 1 N–H and O–H groups in total. The van der Waals surface area contributed by atoms with Crippen molar-refractivity contribution in [3.05, 3.63) is 54.1 Å². The van der Waals surface area contributed by atoms with Gasteiger partial charge in [0.2, 0.25) is 5.91 Å². The summed E-state index contributed by atoms with van der Waals surface area (Å²) in [4.78, 5) is 12.3. The zero-order valence-electron chi connectivity index (χ0n) is 15.6. The van der Waals surface area contributed by atoms with Gasteiger partial charge in [-0.2, -0.15) is 0 Å². The minimum absolute atomic E-state index is 0.118. The van der Waals surface area contributed by atoms with E-state index in [2.05, 4.69) is 21.6 Å². The molecule has 0 aliphatic carbocycles. The van der Waals surface area contributed by atoms with Crippen LogP contribution < -0.4 is 10.1 Å². The van der Waals surface area contributed by atoms with Crippen LogP contribution in [-0.2, 0) is 11.3 Å². The van der Waals surface area contributed by atoms with Crippen LogP contribution in [0.25, 0.3) is 11.4 Å². The summed E-state index contributed by atoms with van der Waals surface area (Å²) in [5.41, 5.74) is 2.85. The SMILES string of the molecule is CCn1c(SCC(=O)Nc2ccccc2OC)nnc1-c1cccc(C)c1. The highest BCUT2D eigenvalue weighted by atomic mass is 32.2. The molecule has 0 fully saturated rings. The zero-order chi connectivity index (χ0) is 19.2. The van der Waals surface area contributed by atoms with Gasteiger partial charge in [-0.15, -0.1) is 10.2 Å². The highest BCUT2D eigenvalue weighted by Gasteiger charge is 2.15. The number of aromatic nitrogens is 3. The summed E-state index contributed by atoms with van der Waals surface area (Å²) in [7, 11) is 1.58. The number of para-hydroxylation sites is 2. The van der Waals surface area contributed by atoms with Crippen LogP contribution in [0.3, 0.4) is 0 Å². The van der Waals surface area contributed by atoms with Gasteiger partial charge >= 0.3 is 0 Å². The van der Waals surface area contributed by atoms with E-state index in [0.717, 1.165) is 23.1 Å². The molecular formula is C20H22N4O2S. The van der Waals surface area contributed by atoms with Gasteiger partial charge in [-0.25, -0.2) is 0 Å². The molecule has 0 saturated carbocycles. The second-order valence-corrected chi connectivity index (χ2v) is 6.90. The van der Waals surface area contributed by atoms with E-state index in [4.69, 9.17) is 4.74 Å². The Morgan fingerprint density at radius 3 is 2.74 bits per heavy atom. The largest absolute Gasteiger partial charge is 0.495 e. The molecule has 0 unspecified atom stereocenters. The van der Waals surface area contributed by atoms with Gasteiger partial charge in [0, 0.05) is 12.1 Å².